The van der Waals surface area contributed by atoms with Crippen molar-refractivity contribution in [2.45, 2.75) is 56.9 Å². The van der Waals surface area contributed by atoms with Crippen LogP contribution in [0.2, 0.25) is 0 Å². The minimum Gasteiger partial charge on any atom is -0.305 e. The van der Waals surface area contributed by atoms with E-state index in [9.17, 15) is 13.2 Å². The molecule has 1 atom stereocenters. The molecule has 5 nitrogen and oxygen atoms in total. The third kappa shape index (κ3) is 3.71. The van der Waals surface area contributed by atoms with Crippen LogP contribution in [-0.4, -0.2) is 37.8 Å². The molecule has 1 unspecified atom stereocenters. The minimum absolute atomic E-state index is 0.0465. The Morgan fingerprint density at radius 1 is 1.00 bits per heavy atom. The number of benzene rings is 2. The zero-order chi connectivity index (χ0) is 20.6. The lowest BCUT2D eigenvalue weighted by atomic mass is 10.1. The van der Waals surface area contributed by atoms with Gasteiger partial charge in [-0.2, -0.15) is 4.31 Å². The quantitative estimate of drug-likeness (QED) is 0.761. The molecule has 2 aromatic rings. The number of fused-ring (bicyclic) bond motifs is 1. The van der Waals surface area contributed by atoms with Gasteiger partial charge in [-0.3, -0.25) is 4.79 Å². The number of carbonyl (C=O) groups is 1. The van der Waals surface area contributed by atoms with Gasteiger partial charge in [0.2, 0.25) is 10.0 Å². The van der Waals surface area contributed by atoms with Gasteiger partial charge in [0, 0.05) is 30.4 Å². The highest BCUT2D eigenvalue weighted by molar-refractivity contribution is 7.89. The average molecular weight is 413 g/mol. The van der Waals surface area contributed by atoms with Gasteiger partial charge >= 0.3 is 0 Å². The number of amides is 1. The molecule has 0 aliphatic carbocycles. The van der Waals surface area contributed by atoms with Crippen molar-refractivity contribution >= 4 is 21.6 Å². The number of hydrogen-bond donors (Lipinski definition) is 0. The van der Waals surface area contributed by atoms with E-state index in [0.29, 0.717) is 18.7 Å². The standard InChI is InChI=1S/C23H28N2O3S/c1-17-11-12-20(29(27,28)24-13-7-3-4-8-14-24)16-21(17)23(26)25-18(2)15-19-9-5-6-10-22(19)25/h5-6,9-12,16,18H,3-4,7-8,13-15H2,1-2H3. The van der Waals surface area contributed by atoms with E-state index in [4.69, 9.17) is 0 Å². The van der Waals surface area contributed by atoms with E-state index in [1.807, 2.05) is 38.1 Å². The number of sulfonamides is 1. The Hall–Kier alpha value is -2.18. The fraction of sp³-hybridized carbons (Fsp3) is 0.435. The van der Waals surface area contributed by atoms with Crippen LogP contribution in [0, 0.1) is 6.92 Å². The Balaban J connectivity index is 1.70. The van der Waals surface area contributed by atoms with Crippen LogP contribution in [0.25, 0.3) is 0 Å². The van der Waals surface area contributed by atoms with Crippen molar-refractivity contribution in [3.05, 3.63) is 59.2 Å². The summed E-state index contributed by atoms with van der Waals surface area (Å²) < 4.78 is 28.0. The zero-order valence-electron chi connectivity index (χ0n) is 17.1. The van der Waals surface area contributed by atoms with Crippen molar-refractivity contribution in [1.29, 1.82) is 0 Å². The third-order valence-electron chi connectivity index (χ3n) is 6.07. The van der Waals surface area contributed by atoms with Crippen LogP contribution in [0.5, 0.6) is 0 Å². The van der Waals surface area contributed by atoms with Crippen molar-refractivity contribution in [3.63, 3.8) is 0 Å². The molecule has 2 aromatic carbocycles. The van der Waals surface area contributed by atoms with Gasteiger partial charge in [0.05, 0.1) is 4.90 Å². The maximum absolute atomic E-state index is 13.5. The monoisotopic (exact) mass is 412 g/mol. The largest absolute Gasteiger partial charge is 0.305 e. The first-order valence-corrected chi connectivity index (χ1v) is 11.9. The van der Waals surface area contributed by atoms with Crippen LogP contribution in [0.1, 0.15) is 54.1 Å². The highest BCUT2D eigenvalue weighted by atomic mass is 32.2. The van der Waals surface area contributed by atoms with Gasteiger partial charge in [-0.1, -0.05) is 37.1 Å². The van der Waals surface area contributed by atoms with Gasteiger partial charge < -0.3 is 4.90 Å². The van der Waals surface area contributed by atoms with Crippen LogP contribution >= 0.6 is 0 Å². The van der Waals surface area contributed by atoms with Crippen LogP contribution in [0.3, 0.4) is 0 Å². The molecule has 0 spiro atoms. The second-order valence-corrected chi connectivity index (χ2v) is 10.1. The van der Waals surface area contributed by atoms with Gasteiger partial charge in [0.15, 0.2) is 0 Å². The molecule has 4 rings (SSSR count). The predicted molar refractivity (Wildman–Crippen MR) is 115 cm³/mol. The van der Waals surface area contributed by atoms with Crippen molar-refractivity contribution in [3.8, 4) is 0 Å². The van der Waals surface area contributed by atoms with E-state index in [2.05, 4.69) is 0 Å². The number of rotatable bonds is 3. The minimum atomic E-state index is -3.59. The lowest BCUT2D eigenvalue weighted by Crippen LogP contribution is -2.36. The summed E-state index contributed by atoms with van der Waals surface area (Å²) in [5.74, 6) is -0.132. The molecular weight excluding hydrogens is 384 g/mol. The Morgan fingerprint density at radius 3 is 2.41 bits per heavy atom. The van der Waals surface area contributed by atoms with E-state index in [0.717, 1.165) is 48.9 Å². The van der Waals surface area contributed by atoms with Crippen LogP contribution in [0.15, 0.2) is 47.4 Å². The molecule has 0 saturated carbocycles. The molecule has 154 valence electrons. The first kappa shape index (κ1) is 20.1. The molecule has 1 fully saturated rings. The normalized spacial score (nSPS) is 20.3. The highest BCUT2D eigenvalue weighted by Gasteiger charge is 2.33. The number of carbonyl (C=O) groups excluding carboxylic acids is 1. The van der Waals surface area contributed by atoms with Gasteiger partial charge in [0.1, 0.15) is 0 Å². The average Bonchev–Trinajstić information content (AvgIpc) is 2.86. The molecule has 6 heteroatoms. The molecule has 1 amide bonds. The fourth-order valence-electron chi connectivity index (χ4n) is 4.43. The van der Waals surface area contributed by atoms with Crippen molar-refractivity contribution in [2.24, 2.45) is 0 Å². The second kappa shape index (κ2) is 7.92. The maximum Gasteiger partial charge on any atom is 0.258 e. The first-order valence-electron chi connectivity index (χ1n) is 10.4. The van der Waals surface area contributed by atoms with Gasteiger partial charge in [-0.25, -0.2) is 8.42 Å². The summed E-state index contributed by atoms with van der Waals surface area (Å²) in [4.78, 5) is 15.5. The summed E-state index contributed by atoms with van der Waals surface area (Å²) in [5.41, 5.74) is 3.33. The molecular formula is C23H28N2O3S. The highest BCUT2D eigenvalue weighted by Crippen LogP contribution is 2.34. The SMILES string of the molecule is Cc1ccc(S(=O)(=O)N2CCCCCC2)cc1C(=O)N1c2ccccc2CC1C. The Kier molecular flexibility index (Phi) is 5.49. The van der Waals surface area contributed by atoms with E-state index in [-0.39, 0.29) is 16.8 Å². The zero-order valence-corrected chi connectivity index (χ0v) is 17.9. The summed E-state index contributed by atoms with van der Waals surface area (Å²) in [5, 5.41) is 0. The lowest BCUT2D eigenvalue weighted by molar-refractivity contribution is 0.0980. The number of nitrogens with zero attached hydrogens (tertiary/aromatic N) is 2. The summed E-state index contributed by atoms with van der Waals surface area (Å²) in [6, 6.07) is 12.9. The van der Waals surface area contributed by atoms with E-state index >= 15 is 0 Å². The van der Waals surface area contributed by atoms with Crippen molar-refractivity contribution in [2.75, 3.05) is 18.0 Å². The maximum atomic E-state index is 13.5. The fourth-order valence-corrected chi connectivity index (χ4v) is 5.97. The Bertz CT molecular complexity index is 1020. The summed E-state index contributed by atoms with van der Waals surface area (Å²) in [6.07, 6.45) is 4.72. The molecule has 2 heterocycles. The predicted octanol–water partition coefficient (Wildman–Crippen LogP) is 4.15. The van der Waals surface area contributed by atoms with E-state index in [1.165, 1.54) is 0 Å². The third-order valence-corrected chi connectivity index (χ3v) is 7.96. The molecule has 2 aliphatic rings. The van der Waals surface area contributed by atoms with Crippen molar-refractivity contribution in [1.82, 2.24) is 4.31 Å². The topological polar surface area (TPSA) is 57.7 Å². The molecule has 29 heavy (non-hydrogen) atoms. The molecule has 0 bridgehead atoms. The Morgan fingerprint density at radius 2 is 1.69 bits per heavy atom. The molecule has 2 aliphatic heterocycles. The van der Waals surface area contributed by atoms with E-state index < -0.39 is 10.0 Å². The smallest absolute Gasteiger partial charge is 0.258 e. The van der Waals surface area contributed by atoms with Crippen LogP contribution in [-0.2, 0) is 16.4 Å². The Labute approximate surface area is 173 Å². The van der Waals surface area contributed by atoms with E-state index in [1.54, 1.807) is 27.4 Å². The summed E-state index contributed by atoms with van der Waals surface area (Å²) in [7, 11) is -3.59. The molecule has 0 radical (unpaired) electrons. The second-order valence-electron chi connectivity index (χ2n) is 8.15. The number of anilines is 1. The van der Waals surface area contributed by atoms with Gasteiger partial charge in [-0.15, -0.1) is 0 Å². The van der Waals surface area contributed by atoms with Crippen LogP contribution in [0.4, 0.5) is 5.69 Å². The number of para-hydroxylation sites is 1. The van der Waals surface area contributed by atoms with Gasteiger partial charge in [-0.05, 0) is 62.4 Å². The number of hydrogen-bond acceptors (Lipinski definition) is 3. The lowest BCUT2D eigenvalue weighted by Gasteiger charge is -2.25. The van der Waals surface area contributed by atoms with Crippen LogP contribution < -0.4 is 4.90 Å². The molecule has 0 aromatic heterocycles. The first-order chi connectivity index (χ1) is 13.9. The summed E-state index contributed by atoms with van der Waals surface area (Å²) in [6.45, 7) is 5.00. The molecule has 1 saturated heterocycles. The van der Waals surface area contributed by atoms with Gasteiger partial charge in [0.25, 0.3) is 5.91 Å². The number of aryl methyl sites for hydroxylation is 1. The molecule has 0 N–H and O–H groups in total. The summed E-state index contributed by atoms with van der Waals surface area (Å²) >= 11 is 0. The van der Waals surface area contributed by atoms with Crippen molar-refractivity contribution < 1.29 is 13.2 Å².